The van der Waals surface area contributed by atoms with E-state index < -0.39 is 5.92 Å². The Balaban J connectivity index is 1.96. The normalized spacial score (nSPS) is 18.2. The first-order valence-corrected chi connectivity index (χ1v) is 10.8. The highest BCUT2D eigenvalue weighted by Crippen LogP contribution is 2.42. The van der Waals surface area contributed by atoms with Gasteiger partial charge in [-0.2, -0.15) is 0 Å². The zero-order chi connectivity index (χ0) is 22.5. The number of nitrogens with one attached hydrogen (secondary N) is 1. The summed E-state index contributed by atoms with van der Waals surface area (Å²) in [4.78, 5) is 28.0. The molecular weight excluding hydrogens is 416 g/mol. The number of para-hydroxylation sites is 1. The van der Waals surface area contributed by atoms with E-state index >= 15 is 0 Å². The van der Waals surface area contributed by atoms with E-state index in [1.165, 1.54) is 0 Å². The number of halogens is 1. The quantitative estimate of drug-likeness (QED) is 0.701. The molecule has 31 heavy (non-hydrogen) atoms. The molecule has 2 aromatic carbocycles. The monoisotopic (exact) mass is 444 g/mol. The Kier molecular flexibility index (Phi) is 7.44. The van der Waals surface area contributed by atoms with Crippen molar-refractivity contribution in [1.29, 1.82) is 0 Å². The summed E-state index contributed by atoms with van der Waals surface area (Å²) >= 11 is 6.26. The third-order valence-corrected chi connectivity index (χ3v) is 5.90. The SMILES string of the molecule is COc1cccc([C@@H]2CN(C(=O)c3ccccc3Cl)C[C@H]2C(=O)NCC(C)C)c1OC. The van der Waals surface area contributed by atoms with Gasteiger partial charge < -0.3 is 19.7 Å². The van der Waals surface area contributed by atoms with Gasteiger partial charge in [-0.05, 0) is 24.1 Å². The van der Waals surface area contributed by atoms with Crippen molar-refractivity contribution in [1.82, 2.24) is 10.2 Å². The number of carbonyl (C=O) groups is 2. The fourth-order valence-corrected chi connectivity index (χ4v) is 4.21. The number of carbonyl (C=O) groups excluding carboxylic acids is 2. The van der Waals surface area contributed by atoms with Gasteiger partial charge in [0.05, 0.1) is 30.7 Å². The molecule has 0 bridgehead atoms. The number of ether oxygens (including phenoxy) is 2. The molecule has 0 saturated carbocycles. The number of methoxy groups -OCH3 is 2. The summed E-state index contributed by atoms with van der Waals surface area (Å²) in [6.45, 7) is 5.36. The third kappa shape index (κ3) is 4.96. The first-order chi connectivity index (χ1) is 14.9. The van der Waals surface area contributed by atoms with Crippen LogP contribution in [0, 0.1) is 11.8 Å². The molecule has 1 saturated heterocycles. The van der Waals surface area contributed by atoms with E-state index in [1.54, 1.807) is 43.4 Å². The number of hydrogen-bond acceptors (Lipinski definition) is 4. The zero-order valence-electron chi connectivity index (χ0n) is 18.4. The molecule has 1 aliphatic rings. The van der Waals surface area contributed by atoms with Gasteiger partial charge in [0.25, 0.3) is 5.91 Å². The van der Waals surface area contributed by atoms with E-state index in [1.807, 2.05) is 32.0 Å². The van der Waals surface area contributed by atoms with Crippen LogP contribution in [0.2, 0.25) is 5.02 Å². The molecule has 166 valence electrons. The fourth-order valence-electron chi connectivity index (χ4n) is 4.00. The standard InChI is InChI=1S/C24H29ClN2O4/c1-15(2)12-26-23(28)19-14-27(24(29)17-8-5-6-10-20(17)25)13-18(19)16-9-7-11-21(30-3)22(16)31-4/h5-11,15,18-19H,12-14H2,1-4H3,(H,26,28)/t18-,19+/m0/s1. The molecule has 1 heterocycles. The lowest BCUT2D eigenvalue weighted by atomic mass is 9.87. The highest BCUT2D eigenvalue weighted by Gasteiger charge is 2.42. The van der Waals surface area contributed by atoms with E-state index in [-0.39, 0.29) is 17.7 Å². The number of hydrogen-bond donors (Lipinski definition) is 1. The molecule has 1 aliphatic heterocycles. The van der Waals surface area contributed by atoms with Crippen LogP contribution in [0.4, 0.5) is 0 Å². The van der Waals surface area contributed by atoms with Gasteiger partial charge in [-0.3, -0.25) is 9.59 Å². The van der Waals surface area contributed by atoms with Crippen LogP contribution in [0.3, 0.4) is 0 Å². The number of benzene rings is 2. The number of rotatable bonds is 7. The van der Waals surface area contributed by atoms with Crippen molar-refractivity contribution < 1.29 is 19.1 Å². The molecule has 7 heteroatoms. The third-order valence-electron chi connectivity index (χ3n) is 5.57. The van der Waals surface area contributed by atoms with E-state index in [2.05, 4.69) is 5.32 Å². The molecule has 2 amide bonds. The van der Waals surface area contributed by atoms with Gasteiger partial charge in [-0.25, -0.2) is 0 Å². The van der Waals surface area contributed by atoms with Gasteiger partial charge in [0.1, 0.15) is 0 Å². The average molecular weight is 445 g/mol. The minimum Gasteiger partial charge on any atom is -0.493 e. The van der Waals surface area contributed by atoms with E-state index in [0.717, 1.165) is 5.56 Å². The Bertz CT molecular complexity index is 947. The molecule has 3 rings (SSSR count). The average Bonchev–Trinajstić information content (AvgIpc) is 3.22. The van der Waals surface area contributed by atoms with Crippen molar-refractivity contribution in [2.24, 2.45) is 11.8 Å². The van der Waals surface area contributed by atoms with Crippen LogP contribution in [0.25, 0.3) is 0 Å². The Morgan fingerprint density at radius 2 is 1.84 bits per heavy atom. The molecule has 0 radical (unpaired) electrons. The number of nitrogens with zero attached hydrogens (tertiary/aromatic N) is 1. The maximum atomic E-state index is 13.2. The van der Waals surface area contributed by atoms with Crippen LogP contribution in [0.1, 0.15) is 35.7 Å². The summed E-state index contributed by atoms with van der Waals surface area (Å²) < 4.78 is 11.1. The van der Waals surface area contributed by atoms with Gasteiger partial charge in [0.15, 0.2) is 11.5 Å². The summed E-state index contributed by atoms with van der Waals surface area (Å²) in [7, 11) is 3.16. The Hall–Kier alpha value is -2.73. The molecular formula is C24H29ClN2O4. The molecule has 1 N–H and O–H groups in total. The molecule has 1 fully saturated rings. The maximum absolute atomic E-state index is 13.2. The van der Waals surface area contributed by atoms with Gasteiger partial charge in [0, 0.05) is 31.1 Å². The number of amides is 2. The van der Waals surface area contributed by atoms with Crippen molar-refractivity contribution in [2.45, 2.75) is 19.8 Å². The van der Waals surface area contributed by atoms with Crippen LogP contribution >= 0.6 is 11.6 Å². The first-order valence-electron chi connectivity index (χ1n) is 10.4. The maximum Gasteiger partial charge on any atom is 0.255 e. The largest absolute Gasteiger partial charge is 0.493 e. The molecule has 0 aromatic heterocycles. The van der Waals surface area contributed by atoms with Gasteiger partial charge in [-0.15, -0.1) is 0 Å². The lowest BCUT2D eigenvalue weighted by Crippen LogP contribution is -2.37. The highest BCUT2D eigenvalue weighted by atomic mass is 35.5. The van der Waals surface area contributed by atoms with Gasteiger partial charge in [-0.1, -0.05) is 49.7 Å². The molecule has 0 spiro atoms. The Labute approximate surface area is 188 Å². The predicted octanol–water partition coefficient (Wildman–Crippen LogP) is 3.99. The molecule has 0 unspecified atom stereocenters. The summed E-state index contributed by atoms with van der Waals surface area (Å²) in [5, 5.41) is 3.42. The predicted molar refractivity (Wildman–Crippen MR) is 121 cm³/mol. The topological polar surface area (TPSA) is 67.9 Å². The highest BCUT2D eigenvalue weighted by molar-refractivity contribution is 6.33. The fraction of sp³-hybridized carbons (Fsp3) is 0.417. The zero-order valence-corrected chi connectivity index (χ0v) is 19.1. The molecule has 2 atom stereocenters. The smallest absolute Gasteiger partial charge is 0.255 e. The molecule has 0 aliphatic carbocycles. The number of likely N-dealkylation sites (tertiary alicyclic amines) is 1. The van der Waals surface area contributed by atoms with Crippen LogP contribution in [0.5, 0.6) is 11.5 Å². The van der Waals surface area contributed by atoms with Crippen LogP contribution in [-0.4, -0.2) is 50.6 Å². The van der Waals surface area contributed by atoms with Crippen LogP contribution in [0.15, 0.2) is 42.5 Å². The molecule has 6 nitrogen and oxygen atoms in total. The second-order valence-corrected chi connectivity index (χ2v) is 8.53. The van der Waals surface area contributed by atoms with Gasteiger partial charge >= 0.3 is 0 Å². The summed E-state index contributed by atoms with van der Waals surface area (Å²) in [6.07, 6.45) is 0. The molecule has 2 aromatic rings. The lowest BCUT2D eigenvalue weighted by molar-refractivity contribution is -0.125. The first kappa shape index (κ1) is 22.9. The second kappa shape index (κ2) is 10.1. The second-order valence-electron chi connectivity index (χ2n) is 8.12. The van der Waals surface area contributed by atoms with Crippen molar-refractivity contribution in [2.75, 3.05) is 33.9 Å². The minimum absolute atomic E-state index is 0.0713. The summed E-state index contributed by atoms with van der Waals surface area (Å²) in [5.74, 6) is 0.612. The minimum atomic E-state index is -0.411. The summed E-state index contributed by atoms with van der Waals surface area (Å²) in [6, 6.07) is 12.6. The summed E-state index contributed by atoms with van der Waals surface area (Å²) in [5.41, 5.74) is 1.28. The van der Waals surface area contributed by atoms with E-state index in [9.17, 15) is 9.59 Å². The van der Waals surface area contributed by atoms with Crippen LogP contribution in [-0.2, 0) is 4.79 Å². The van der Waals surface area contributed by atoms with Gasteiger partial charge in [0.2, 0.25) is 5.91 Å². The van der Waals surface area contributed by atoms with E-state index in [4.69, 9.17) is 21.1 Å². The van der Waals surface area contributed by atoms with Crippen molar-refractivity contribution in [3.63, 3.8) is 0 Å². The van der Waals surface area contributed by atoms with Crippen molar-refractivity contribution in [3.05, 3.63) is 58.6 Å². The van der Waals surface area contributed by atoms with E-state index in [0.29, 0.717) is 47.6 Å². The Morgan fingerprint density at radius 3 is 2.48 bits per heavy atom. The van der Waals surface area contributed by atoms with Crippen molar-refractivity contribution in [3.8, 4) is 11.5 Å². The Morgan fingerprint density at radius 1 is 1.10 bits per heavy atom. The van der Waals surface area contributed by atoms with Crippen molar-refractivity contribution >= 4 is 23.4 Å². The van der Waals surface area contributed by atoms with Crippen LogP contribution < -0.4 is 14.8 Å². The lowest BCUT2D eigenvalue weighted by Gasteiger charge is -2.22.